The SMILES string of the molecule is C[C@H](OC(=O)C[C@@H]1CCS(=O)(=O)C1)C(=O)Nc1ccc(F)c(F)c1F. The molecule has 1 aromatic rings. The van der Waals surface area contributed by atoms with Gasteiger partial charge in [0.25, 0.3) is 5.91 Å². The van der Waals surface area contributed by atoms with E-state index in [1.807, 2.05) is 5.32 Å². The number of amides is 1. The summed E-state index contributed by atoms with van der Waals surface area (Å²) in [5, 5.41) is 2.00. The quantitative estimate of drug-likeness (QED) is 0.622. The van der Waals surface area contributed by atoms with E-state index in [2.05, 4.69) is 0 Å². The van der Waals surface area contributed by atoms with Crippen molar-refractivity contribution in [3.8, 4) is 0 Å². The molecule has 2 atom stereocenters. The molecule has 2 rings (SSSR count). The number of rotatable bonds is 5. The maximum atomic E-state index is 13.5. The minimum atomic E-state index is -3.13. The smallest absolute Gasteiger partial charge is 0.306 e. The summed E-state index contributed by atoms with van der Waals surface area (Å²) < 4.78 is 67.0. The molecule has 6 nitrogen and oxygen atoms in total. The van der Waals surface area contributed by atoms with E-state index < -0.39 is 51.0 Å². The number of hydrogen-bond acceptors (Lipinski definition) is 5. The van der Waals surface area contributed by atoms with Crippen LogP contribution in [0.1, 0.15) is 19.8 Å². The average Bonchev–Trinajstić information content (AvgIpc) is 2.86. The van der Waals surface area contributed by atoms with Crippen molar-refractivity contribution in [2.45, 2.75) is 25.9 Å². The van der Waals surface area contributed by atoms with Gasteiger partial charge in [-0.2, -0.15) is 0 Å². The maximum Gasteiger partial charge on any atom is 0.306 e. The molecule has 0 saturated carbocycles. The van der Waals surface area contributed by atoms with Crippen LogP contribution >= 0.6 is 0 Å². The van der Waals surface area contributed by atoms with E-state index >= 15 is 0 Å². The second-order valence-electron chi connectivity index (χ2n) is 5.82. The minimum Gasteiger partial charge on any atom is -0.453 e. The highest BCUT2D eigenvalue weighted by molar-refractivity contribution is 7.91. The Hall–Kier alpha value is -2.10. The first-order chi connectivity index (χ1) is 11.6. The van der Waals surface area contributed by atoms with Crippen molar-refractivity contribution in [1.82, 2.24) is 0 Å². The molecule has 1 aliphatic heterocycles. The number of carbonyl (C=O) groups is 2. The monoisotopic (exact) mass is 379 g/mol. The topological polar surface area (TPSA) is 89.5 Å². The van der Waals surface area contributed by atoms with Gasteiger partial charge in [-0.3, -0.25) is 9.59 Å². The van der Waals surface area contributed by atoms with E-state index in [9.17, 15) is 31.2 Å². The van der Waals surface area contributed by atoms with Gasteiger partial charge in [0.15, 0.2) is 33.4 Å². The van der Waals surface area contributed by atoms with Crippen LogP contribution in [0, 0.1) is 23.4 Å². The fraction of sp³-hybridized carbons (Fsp3) is 0.467. The van der Waals surface area contributed by atoms with Crippen molar-refractivity contribution in [3.05, 3.63) is 29.6 Å². The van der Waals surface area contributed by atoms with Crippen LogP contribution < -0.4 is 5.32 Å². The number of halogens is 3. The van der Waals surface area contributed by atoms with Crippen LogP contribution in [0.4, 0.5) is 18.9 Å². The van der Waals surface area contributed by atoms with Crippen LogP contribution in [-0.4, -0.2) is 37.9 Å². The minimum absolute atomic E-state index is 0.0103. The predicted octanol–water partition coefficient (Wildman–Crippen LogP) is 1.80. The van der Waals surface area contributed by atoms with Gasteiger partial charge in [0.1, 0.15) is 0 Å². The summed E-state index contributed by atoms with van der Waals surface area (Å²) in [4.78, 5) is 23.6. The summed E-state index contributed by atoms with van der Waals surface area (Å²) in [5.41, 5.74) is -0.589. The Labute approximate surface area is 142 Å². The van der Waals surface area contributed by atoms with Gasteiger partial charge in [-0.1, -0.05) is 0 Å². The summed E-state index contributed by atoms with van der Waals surface area (Å²) in [7, 11) is -3.13. The van der Waals surface area contributed by atoms with Crippen LogP contribution in [0.25, 0.3) is 0 Å². The lowest BCUT2D eigenvalue weighted by Gasteiger charge is -2.15. The lowest BCUT2D eigenvalue weighted by molar-refractivity contribution is -0.153. The molecule has 1 aliphatic rings. The molecule has 1 N–H and O–H groups in total. The third-order valence-electron chi connectivity index (χ3n) is 3.75. The number of ether oxygens (including phenoxy) is 1. The zero-order chi connectivity index (χ0) is 18.8. The first kappa shape index (κ1) is 19.2. The number of carbonyl (C=O) groups excluding carboxylic acids is 2. The average molecular weight is 379 g/mol. The van der Waals surface area contributed by atoms with Crippen molar-refractivity contribution in [1.29, 1.82) is 0 Å². The Morgan fingerprint density at radius 2 is 1.96 bits per heavy atom. The molecule has 1 heterocycles. The third kappa shape index (κ3) is 4.94. The summed E-state index contributed by atoms with van der Waals surface area (Å²) in [5.74, 6) is -6.86. The molecule has 0 spiro atoms. The highest BCUT2D eigenvalue weighted by Gasteiger charge is 2.31. The Morgan fingerprint density at radius 3 is 2.56 bits per heavy atom. The Bertz CT molecular complexity index is 797. The largest absolute Gasteiger partial charge is 0.453 e. The van der Waals surface area contributed by atoms with E-state index in [0.29, 0.717) is 12.5 Å². The fourth-order valence-corrected chi connectivity index (χ4v) is 4.29. The lowest BCUT2D eigenvalue weighted by atomic mass is 10.1. The van der Waals surface area contributed by atoms with Gasteiger partial charge >= 0.3 is 5.97 Å². The summed E-state index contributed by atoms with van der Waals surface area (Å²) in [6.07, 6.45) is -1.13. The predicted molar refractivity (Wildman–Crippen MR) is 81.9 cm³/mol. The van der Waals surface area contributed by atoms with Gasteiger partial charge in [-0.15, -0.1) is 0 Å². The zero-order valence-electron chi connectivity index (χ0n) is 13.2. The summed E-state index contributed by atoms with van der Waals surface area (Å²) >= 11 is 0. The van der Waals surface area contributed by atoms with Crippen LogP contribution in [-0.2, 0) is 24.2 Å². The van der Waals surface area contributed by atoms with Crippen LogP contribution in [0.2, 0.25) is 0 Å². The molecular weight excluding hydrogens is 363 g/mol. The van der Waals surface area contributed by atoms with E-state index in [1.165, 1.54) is 6.92 Å². The molecule has 0 bridgehead atoms. The second-order valence-corrected chi connectivity index (χ2v) is 8.05. The van der Waals surface area contributed by atoms with Gasteiger partial charge in [0, 0.05) is 6.42 Å². The molecule has 1 amide bonds. The standard InChI is InChI=1S/C15H16F3NO5S/c1-8(24-12(20)6-9-4-5-25(22,23)7-9)15(21)19-11-3-2-10(16)13(17)14(11)18/h2-3,8-9H,4-7H2,1H3,(H,19,21)/t8-,9-/m0/s1. The molecule has 1 fully saturated rings. The van der Waals surface area contributed by atoms with Gasteiger partial charge in [-0.25, -0.2) is 21.6 Å². The van der Waals surface area contributed by atoms with E-state index in [-0.39, 0.29) is 23.8 Å². The van der Waals surface area contributed by atoms with Crippen LogP contribution in [0.15, 0.2) is 12.1 Å². The van der Waals surface area contributed by atoms with E-state index in [4.69, 9.17) is 4.74 Å². The highest BCUT2D eigenvalue weighted by atomic mass is 32.2. The van der Waals surface area contributed by atoms with E-state index in [0.717, 1.165) is 6.07 Å². The molecule has 0 aromatic heterocycles. The molecule has 0 aliphatic carbocycles. The summed E-state index contributed by atoms with van der Waals surface area (Å²) in [6.45, 7) is 1.22. The molecule has 10 heteroatoms. The lowest BCUT2D eigenvalue weighted by Crippen LogP contribution is -2.31. The van der Waals surface area contributed by atoms with Crippen molar-refractivity contribution in [2.75, 3.05) is 16.8 Å². The normalized spacial score (nSPS) is 20.1. The fourth-order valence-electron chi connectivity index (χ4n) is 2.42. The summed E-state index contributed by atoms with van der Waals surface area (Å²) in [6, 6.07) is 1.48. The van der Waals surface area contributed by atoms with E-state index in [1.54, 1.807) is 0 Å². The van der Waals surface area contributed by atoms with Gasteiger partial charge in [-0.05, 0) is 31.4 Å². The molecule has 0 radical (unpaired) electrons. The van der Waals surface area contributed by atoms with Crippen LogP contribution in [0.5, 0.6) is 0 Å². The van der Waals surface area contributed by atoms with Crippen LogP contribution in [0.3, 0.4) is 0 Å². The number of anilines is 1. The first-order valence-corrected chi connectivity index (χ1v) is 9.25. The Balaban J connectivity index is 1.90. The maximum absolute atomic E-state index is 13.5. The molecule has 1 saturated heterocycles. The third-order valence-corrected chi connectivity index (χ3v) is 5.59. The molecule has 25 heavy (non-hydrogen) atoms. The van der Waals surface area contributed by atoms with Crippen molar-refractivity contribution in [2.24, 2.45) is 5.92 Å². The molecule has 1 aromatic carbocycles. The highest BCUT2D eigenvalue weighted by Crippen LogP contribution is 2.23. The second kappa shape index (κ2) is 7.42. The van der Waals surface area contributed by atoms with Crippen molar-refractivity contribution in [3.63, 3.8) is 0 Å². The number of hydrogen-bond donors (Lipinski definition) is 1. The molecule has 138 valence electrons. The number of esters is 1. The Morgan fingerprint density at radius 1 is 1.28 bits per heavy atom. The van der Waals surface area contributed by atoms with Crippen molar-refractivity contribution < 1.29 is 35.9 Å². The van der Waals surface area contributed by atoms with Gasteiger partial charge in [0.2, 0.25) is 0 Å². The zero-order valence-corrected chi connectivity index (χ0v) is 14.0. The number of nitrogens with one attached hydrogen (secondary N) is 1. The van der Waals surface area contributed by atoms with Gasteiger partial charge < -0.3 is 10.1 Å². The number of benzene rings is 1. The molecule has 0 unspecified atom stereocenters. The first-order valence-electron chi connectivity index (χ1n) is 7.43. The number of sulfone groups is 1. The molecular formula is C15H16F3NO5S. The van der Waals surface area contributed by atoms with Crippen molar-refractivity contribution >= 4 is 27.4 Å². The van der Waals surface area contributed by atoms with Gasteiger partial charge in [0.05, 0.1) is 17.2 Å². The Kier molecular flexibility index (Phi) is 5.71.